The molecule has 0 aliphatic heterocycles. The first-order valence-corrected chi connectivity index (χ1v) is 7.35. The zero-order valence-electron chi connectivity index (χ0n) is 12.0. The van der Waals surface area contributed by atoms with Crippen molar-refractivity contribution in [1.29, 1.82) is 0 Å². The van der Waals surface area contributed by atoms with E-state index in [1.165, 1.54) is 31.7 Å². The second kappa shape index (κ2) is 6.84. The van der Waals surface area contributed by atoms with Crippen LogP contribution in [0.15, 0.2) is 18.2 Å². The number of benzene rings is 1. The highest BCUT2D eigenvalue weighted by Gasteiger charge is 2.17. The first-order valence-electron chi connectivity index (χ1n) is 7.35. The Morgan fingerprint density at radius 3 is 2.65 bits per heavy atom. The van der Waals surface area contributed by atoms with Gasteiger partial charge in [0.05, 0.1) is 0 Å². The average Bonchev–Trinajstić information content (AvgIpc) is 2.42. The normalized spacial score (nSPS) is 22.7. The lowest BCUT2D eigenvalue weighted by Crippen LogP contribution is -2.26. The van der Waals surface area contributed by atoms with Gasteiger partial charge >= 0.3 is 0 Å². The first kappa shape index (κ1) is 15.0. The Morgan fingerprint density at radius 2 is 2.05 bits per heavy atom. The molecule has 1 fully saturated rings. The average molecular weight is 278 g/mol. The lowest BCUT2D eigenvalue weighted by Gasteiger charge is -2.26. The summed E-state index contributed by atoms with van der Waals surface area (Å²) in [6, 6.07) is 4.41. The van der Waals surface area contributed by atoms with Gasteiger partial charge < -0.3 is 11.1 Å². The van der Waals surface area contributed by atoms with Gasteiger partial charge in [-0.25, -0.2) is 4.39 Å². The molecule has 1 aliphatic carbocycles. The minimum absolute atomic E-state index is 0.215. The van der Waals surface area contributed by atoms with Gasteiger partial charge in [-0.2, -0.15) is 0 Å². The number of amides is 1. The summed E-state index contributed by atoms with van der Waals surface area (Å²) in [5.41, 5.74) is 5.92. The van der Waals surface area contributed by atoms with Crippen LogP contribution in [0, 0.1) is 17.7 Å². The van der Waals surface area contributed by atoms with Crippen molar-refractivity contribution in [3.63, 3.8) is 0 Å². The predicted molar refractivity (Wildman–Crippen MR) is 77.7 cm³/mol. The van der Waals surface area contributed by atoms with Gasteiger partial charge in [0.25, 0.3) is 0 Å². The maximum atomic E-state index is 13.8. The van der Waals surface area contributed by atoms with E-state index in [2.05, 4.69) is 12.2 Å². The minimum Gasteiger partial charge on any atom is -0.366 e. The summed E-state index contributed by atoms with van der Waals surface area (Å²) in [6.07, 6.45) is 5.12. The topological polar surface area (TPSA) is 55.1 Å². The van der Waals surface area contributed by atoms with Gasteiger partial charge in [-0.1, -0.05) is 25.8 Å². The van der Waals surface area contributed by atoms with Crippen molar-refractivity contribution < 1.29 is 9.18 Å². The molecule has 0 bridgehead atoms. The number of nitrogens with two attached hydrogens (primary N) is 1. The highest BCUT2D eigenvalue weighted by atomic mass is 19.1. The fraction of sp³-hybridized carbons (Fsp3) is 0.562. The molecule has 1 saturated carbocycles. The Labute approximate surface area is 119 Å². The van der Waals surface area contributed by atoms with Crippen LogP contribution in [0.3, 0.4) is 0 Å². The van der Waals surface area contributed by atoms with Crippen molar-refractivity contribution in [2.45, 2.75) is 39.2 Å². The van der Waals surface area contributed by atoms with Crippen molar-refractivity contribution >= 4 is 5.91 Å². The van der Waals surface area contributed by atoms with Crippen molar-refractivity contribution in [2.24, 2.45) is 17.6 Å². The van der Waals surface area contributed by atoms with Crippen LogP contribution in [0.2, 0.25) is 0 Å². The summed E-state index contributed by atoms with van der Waals surface area (Å²) in [5.74, 6) is 0.593. The number of hydrogen-bond acceptors (Lipinski definition) is 2. The second-order valence-electron chi connectivity index (χ2n) is 5.93. The Hall–Kier alpha value is -1.42. The van der Waals surface area contributed by atoms with E-state index < -0.39 is 5.91 Å². The molecule has 3 N–H and O–H groups in total. The smallest absolute Gasteiger partial charge is 0.248 e. The highest BCUT2D eigenvalue weighted by Crippen LogP contribution is 2.27. The first-order chi connectivity index (χ1) is 9.56. The molecule has 20 heavy (non-hydrogen) atoms. The van der Waals surface area contributed by atoms with Crippen LogP contribution in [-0.2, 0) is 6.54 Å². The van der Waals surface area contributed by atoms with Gasteiger partial charge in [-0.15, -0.1) is 0 Å². The quantitative estimate of drug-likeness (QED) is 0.870. The van der Waals surface area contributed by atoms with Gasteiger partial charge in [0.1, 0.15) is 5.82 Å². The highest BCUT2D eigenvalue weighted by molar-refractivity contribution is 5.92. The third kappa shape index (κ3) is 4.04. The van der Waals surface area contributed by atoms with Crippen LogP contribution in [0.1, 0.15) is 48.5 Å². The monoisotopic (exact) mass is 278 g/mol. The van der Waals surface area contributed by atoms with E-state index >= 15 is 0 Å². The molecule has 0 heterocycles. The van der Waals surface area contributed by atoms with E-state index in [0.717, 1.165) is 12.5 Å². The van der Waals surface area contributed by atoms with Gasteiger partial charge in [-0.3, -0.25) is 4.79 Å². The Balaban J connectivity index is 1.81. The summed E-state index contributed by atoms with van der Waals surface area (Å²) in [4.78, 5) is 11.0. The zero-order chi connectivity index (χ0) is 14.5. The molecule has 2 rings (SSSR count). The summed E-state index contributed by atoms with van der Waals surface area (Å²) < 4.78 is 13.8. The van der Waals surface area contributed by atoms with Crippen molar-refractivity contribution in [3.8, 4) is 0 Å². The fourth-order valence-electron chi connectivity index (χ4n) is 2.79. The maximum absolute atomic E-state index is 13.8. The molecule has 0 atom stereocenters. The van der Waals surface area contributed by atoms with Crippen molar-refractivity contribution in [3.05, 3.63) is 35.1 Å². The number of halogens is 1. The third-order valence-corrected chi connectivity index (χ3v) is 4.22. The molecule has 0 radical (unpaired) electrons. The molecule has 0 saturated heterocycles. The van der Waals surface area contributed by atoms with Crippen LogP contribution >= 0.6 is 0 Å². The lowest BCUT2D eigenvalue weighted by molar-refractivity contribution is 0.1000. The molecule has 0 unspecified atom stereocenters. The fourth-order valence-corrected chi connectivity index (χ4v) is 2.79. The molecule has 1 aliphatic rings. The van der Waals surface area contributed by atoms with E-state index in [1.54, 1.807) is 12.1 Å². The molecule has 0 aromatic heterocycles. The third-order valence-electron chi connectivity index (χ3n) is 4.22. The molecular formula is C16H23FN2O. The van der Waals surface area contributed by atoms with Crippen LogP contribution < -0.4 is 11.1 Å². The zero-order valence-corrected chi connectivity index (χ0v) is 12.0. The molecule has 1 amide bonds. The molecule has 4 heteroatoms. The van der Waals surface area contributed by atoms with E-state index in [0.29, 0.717) is 18.0 Å². The van der Waals surface area contributed by atoms with Crippen LogP contribution in [-0.4, -0.2) is 12.5 Å². The van der Waals surface area contributed by atoms with Crippen molar-refractivity contribution in [2.75, 3.05) is 6.54 Å². The lowest BCUT2D eigenvalue weighted by atomic mass is 9.83. The molecule has 1 aromatic carbocycles. The summed E-state index contributed by atoms with van der Waals surface area (Å²) in [5, 5.41) is 3.32. The van der Waals surface area contributed by atoms with Crippen LogP contribution in [0.5, 0.6) is 0 Å². The van der Waals surface area contributed by atoms with Crippen molar-refractivity contribution in [1.82, 2.24) is 5.32 Å². The molecular weight excluding hydrogens is 255 g/mol. The summed E-state index contributed by atoms with van der Waals surface area (Å²) in [7, 11) is 0. The molecule has 1 aromatic rings. The van der Waals surface area contributed by atoms with Gasteiger partial charge in [0.2, 0.25) is 5.91 Å². The number of carbonyl (C=O) groups is 1. The standard InChI is InChI=1S/C16H23FN2O/c1-11-2-4-12(5-3-11)9-19-10-14-7-6-13(16(18)20)8-15(14)17/h6-8,11-12,19H,2-5,9-10H2,1H3,(H2,18,20). The van der Waals surface area contributed by atoms with Crippen LogP contribution in [0.4, 0.5) is 4.39 Å². The van der Waals surface area contributed by atoms with Gasteiger partial charge in [-0.05, 0) is 43.4 Å². The number of primary amides is 1. The minimum atomic E-state index is -0.597. The van der Waals surface area contributed by atoms with E-state index in [9.17, 15) is 9.18 Å². The summed E-state index contributed by atoms with van der Waals surface area (Å²) in [6.45, 7) is 3.74. The largest absolute Gasteiger partial charge is 0.366 e. The number of nitrogens with one attached hydrogen (secondary N) is 1. The maximum Gasteiger partial charge on any atom is 0.248 e. The molecule has 110 valence electrons. The Bertz CT molecular complexity index is 468. The van der Waals surface area contributed by atoms with E-state index in [-0.39, 0.29) is 11.4 Å². The van der Waals surface area contributed by atoms with Gasteiger partial charge in [0.15, 0.2) is 0 Å². The molecule has 3 nitrogen and oxygen atoms in total. The summed E-state index contributed by atoms with van der Waals surface area (Å²) >= 11 is 0. The SMILES string of the molecule is CC1CCC(CNCc2ccc(C(N)=O)cc2F)CC1. The number of carbonyl (C=O) groups excluding carboxylic acids is 1. The van der Waals surface area contributed by atoms with E-state index in [4.69, 9.17) is 5.73 Å². The van der Waals surface area contributed by atoms with Gasteiger partial charge in [0, 0.05) is 17.7 Å². The number of hydrogen-bond donors (Lipinski definition) is 2. The Morgan fingerprint density at radius 1 is 1.35 bits per heavy atom. The predicted octanol–water partition coefficient (Wildman–Crippen LogP) is 2.84. The second-order valence-corrected chi connectivity index (χ2v) is 5.93. The number of rotatable bonds is 5. The van der Waals surface area contributed by atoms with E-state index in [1.807, 2.05) is 0 Å². The molecule has 0 spiro atoms. The van der Waals surface area contributed by atoms with Crippen LogP contribution in [0.25, 0.3) is 0 Å². The Kier molecular flexibility index (Phi) is 5.12.